The number of rotatable bonds is 5. The van der Waals surface area contributed by atoms with Crippen molar-refractivity contribution >= 4 is 17.8 Å². The summed E-state index contributed by atoms with van der Waals surface area (Å²) in [4.78, 5) is 33.6. The van der Waals surface area contributed by atoms with Crippen LogP contribution in [0.25, 0.3) is 11.4 Å². The summed E-state index contributed by atoms with van der Waals surface area (Å²) >= 11 is 0. The van der Waals surface area contributed by atoms with Gasteiger partial charge in [0.25, 0.3) is 5.91 Å². The van der Waals surface area contributed by atoms with Gasteiger partial charge in [0.1, 0.15) is 5.69 Å². The van der Waals surface area contributed by atoms with Crippen molar-refractivity contribution in [2.24, 2.45) is 7.05 Å². The van der Waals surface area contributed by atoms with Gasteiger partial charge in [-0.15, -0.1) is 0 Å². The Labute approximate surface area is 221 Å². The fraction of sp³-hybridized carbons (Fsp3) is 0.200. The number of amides is 2. The van der Waals surface area contributed by atoms with Gasteiger partial charge in [0.05, 0.1) is 29.3 Å². The van der Waals surface area contributed by atoms with Gasteiger partial charge in [0, 0.05) is 37.5 Å². The molecule has 0 saturated carbocycles. The van der Waals surface area contributed by atoms with Gasteiger partial charge in [-0.05, 0) is 36.2 Å². The Hall–Kier alpha value is -4.90. The molecule has 4 N–H and O–H groups in total. The minimum atomic E-state index is -0.0956. The van der Waals surface area contributed by atoms with E-state index in [4.69, 9.17) is 5.73 Å². The number of carbonyl (C=O) groups is 2. The number of nitrogens with two attached hydrogens (primary N) is 1. The first-order valence-electron chi connectivity index (χ1n) is 12.4. The lowest BCUT2D eigenvalue weighted by Crippen LogP contribution is -2.31. The van der Waals surface area contributed by atoms with Crippen LogP contribution in [0.15, 0.2) is 66.9 Å². The summed E-state index contributed by atoms with van der Waals surface area (Å²) in [6.07, 6.45) is 2.59. The summed E-state index contributed by atoms with van der Waals surface area (Å²) in [7, 11) is 1.91. The average Bonchev–Trinajstić information content (AvgIpc) is 3.26. The maximum atomic E-state index is 12.7. The molecule has 0 aliphatic carbocycles. The summed E-state index contributed by atoms with van der Waals surface area (Å²) in [5.74, 6) is 6.31. The predicted octanol–water partition coefficient (Wildman–Crippen LogP) is 3.17. The van der Waals surface area contributed by atoms with Crippen molar-refractivity contribution in [3.63, 3.8) is 0 Å². The van der Waals surface area contributed by atoms with Gasteiger partial charge >= 0.3 is 0 Å². The molecule has 8 nitrogen and oxygen atoms in total. The van der Waals surface area contributed by atoms with Gasteiger partial charge in [-0.2, -0.15) is 0 Å². The van der Waals surface area contributed by atoms with Gasteiger partial charge in [-0.3, -0.25) is 9.59 Å². The standard InChI is InChI=1S/C30H28N6O2/c1-19(22-9-4-3-5-10-22)34-27(37)16-21-8-6-7-20(15-21)11-12-23-18-33-30(31)35-28(23)26-17-24-25(36(26)2)13-14-32-29(24)38/h3-10,15,17-19H,13-14,16H2,1-2H3,(H,32,38)(H,34,37)(H2,31,33,35)/t19-/m1/s1. The van der Waals surface area contributed by atoms with Crippen LogP contribution in [0, 0.1) is 11.8 Å². The van der Waals surface area contributed by atoms with E-state index in [0.717, 1.165) is 34.5 Å². The number of nitrogens with one attached hydrogen (secondary N) is 2. The Balaban J connectivity index is 1.37. The maximum Gasteiger partial charge on any atom is 0.253 e. The van der Waals surface area contributed by atoms with Crippen molar-refractivity contribution in [1.82, 2.24) is 25.2 Å². The van der Waals surface area contributed by atoms with E-state index < -0.39 is 0 Å². The average molecular weight is 505 g/mol. The van der Waals surface area contributed by atoms with E-state index in [1.165, 1.54) is 0 Å². The molecule has 0 radical (unpaired) electrons. The summed E-state index contributed by atoms with van der Waals surface area (Å²) in [5.41, 5.74) is 12.1. The molecule has 0 saturated heterocycles. The Morgan fingerprint density at radius 3 is 2.76 bits per heavy atom. The first kappa shape index (κ1) is 24.8. The zero-order valence-electron chi connectivity index (χ0n) is 21.3. The molecule has 2 aromatic carbocycles. The lowest BCUT2D eigenvalue weighted by molar-refractivity contribution is -0.121. The van der Waals surface area contributed by atoms with Crippen molar-refractivity contribution in [2.45, 2.75) is 25.8 Å². The number of hydrogen-bond acceptors (Lipinski definition) is 5. The van der Waals surface area contributed by atoms with E-state index >= 15 is 0 Å². The SMILES string of the molecule is C[C@@H](NC(=O)Cc1cccc(C#Cc2cnc(N)nc2-c2cc3c(n2C)CCNC3=O)c1)c1ccccc1. The molecule has 8 heteroatoms. The Kier molecular flexibility index (Phi) is 6.92. The smallest absolute Gasteiger partial charge is 0.253 e. The quantitative estimate of drug-likeness (QED) is 0.361. The molecule has 2 amide bonds. The molecule has 0 spiro atoms. The number of carbonyl (C=O) groups excluding carboxylic acids is 2. The van der Waals surface area contributed by atoms with Gasteiger partial charge in [0.2, 0.25) is 11.9 Å². The molecule has 0 bridgehead atoms. The van der Waals surface area contributed by atoms with E-state index in [0.29, 0.717) is 23.4 Å². The zero-order valence-corrected chi connectivity index (χ0v) is 21.3. The molecule has 190 valence electrons. The molecule has 1 aliphatic heterocycles. The van der Waals surface area contributed by atoms with Crippen LogP contribution in [0.3, 0.4) is 0 Å². The van der Waals surface area contributed by atoms with Crippen LogP contribution in [0.1, 0.15) is 51.3 Å². The molecule has 5 rings (SSSR count). The third-order valence-electron chi connectivity index (χ3n) is 6.61. The van der Waals surface area contributed by atoms with E-state index in [9.17, 15) is 9.59 Å². The number of nitrogen functional groups attached to an aromatic ring is 1. The number of nitrogens with zero attached hydrogens (tertiary/aromatic N) is 3. The highest BCUT2D eigenvalue weighted by molar-refractivity contribution is 5.98. The number of fused-ring (bicyclic) bond motifs is 1. The van der Waals surface area contributed by atoms with Crippen LogP contribution in [-0.2, 0) is 24.7 Å². The van der Waals surface area contributed by atoms with Gasteiger partial charge < -0.3 is 20.9 Å². The highest BCUT2D eigenvalue weighted by Gasteiger charge is 2.24. The van der Waals surface area contributed by atoms with Gasteiger partial charge in [-0.25, -0.2) is 9.97 Å². The maximum absolute atomic E-state index is 12.7. The van der Waals surface area contributed by atoms with Crippen LogP contribution in [-0.4, -0.2) is 32.9 Å². The van der Waals surface area contributed by atoms with E-state index in [-0.39, 0.29) is 30.2 Å². The van der Waals surface area contributed by atoms with Crippen LogP contribution in [0.2, 0.25) is 0 Å². The first-order valence-corrected chi connectivity index (χ1v) is 12.4. The van der Waals surface area contributed by atoms with E-state index in [2.05, 4.69) is 32.4 Å². The van der Waals surface area contributed by atoms with E-state index in [1.54, 1.807) is 6.20 Å². The van der Waals surface area contributed by atoms with Crippen LogP contribution in [0.5, 0.6) is 0 Å². The van der Waals surface area contributed by atoms with Crippen LogP contribution < -0.4 is 16.4 Å². The van der Waals surface area contributed by atoms with Crippen molar-refractivity contribution < 1.29 is 9.59 Å². The molecule has 3 heterocycles. The fourth-order valence-corrected chi connectivity index (χ4v) is 4.64. The van der Waals surface area contributed by atoms with Crippen molar-refractivity contribution in [3.8, 4) is 23.2 Å². The third kappa shape index (κ3) is 5.27. The summed E-state index contributed by atoms with van der Waals surface area (Å²) < 4.78 is 1.97. The van der Waals surface area contributed by atoms with Gasteiger partial charge in [0.15, 0.2) is 0 Å². The predicted molar refractivity (Wildman–Crippen MR) is 146 cm³/mol. The first-order chi connectivity index (χ1) is 18.4. The summed E-state index contributed by atoms with van der Waals surface area (Å²) in [6.45, 7) is 2.57. The Morgan fingerprint density at radius 1 is 1.16 bits per heavy atom. The van der Waals surface area contributed by atoms with Gasteiger partial charge in [-0.1, -0.05) is 54.3 Å². The number of hydrogen-bond donors (Lipinski definition) is 3. The lowest BCUT2D eigenvalue weighted by Gasteiger charge is -2.14. The minimum Gasteiger partial charge on any atom is -0.368 e. The highest BCUT2D eigenvalue weighted by Crippen LogP contribution is 2.28. The summed E-state index contributed by atoms with van der Waals surface area (Å²) in [6, 6.07) is 19.2. The normalized spacial score (nSPS) is 13.1. The van der Waals surface area contributed by atoms with E-state index in [1.807, 2.05) is 79.2 Å². The largest absolute Gasteiger partial charge is 0.368 e. The van der Waals surface area contributed by atoms with Crippen molar-refractivity contribution in [3.05, 3.63) is 100 Å². The second-order valence-electron chi connectivity index (χ2n) is 9.27. The summed E-state index contributed by atoms with van der Waals surface area (Å²) in [5, 5.41) is 5.92. The minimum absolute atomic E-state index is 0.0580. The lowest BCUT2D eigenvalue weighted by atomic mass is 10.1. The number of benzene rings is 2. The zero-order chi connectivity index (χ0) is 26.6. The topological polar surface area (TPSA) is 115 Å². The fourth-order valence-electron chi connectivity index (χ4n) is 4.64. The molecule has 0 unspecified atom stereocenters. The molecule has 1 atom stereocenters. The Bertz CT molecular complexity index is 1580. The molecule has 4 aromatic rings. The van der Waals surface area contributed by atoms with Crippen molar-refractivity contribution in [2.75, 3.05) is 12.3 Å². The van der Waals surface area contributed by atoms with Crippen molar-refractivity contribution in [1.29, 1.82) is 0 Å². The molecular formula is C30H28N6O2. The van der Waals surface area contributed by atoms with Crippen LogP contribution in [0.4, 0.5) is 5.95 Å². The molecule has 2 aromatic heterocycles. The molecular weight excluding hydrogens is 476 g/mol. The molecule has 1 aliphatic rings. The number of aromatic nitrogens is 3. The second-order valence-corrected chi connectivity index (χ2v) is 9.27. The molecule has 0 fully saturated rings. The monoisotopic (exact) mass is 504 g/mol. The second kappa shape index (κ2) is 10.6. The highest BCUT2D eigenvalue weighted by atomic mass is 16.2. The third-order valence-corrected chi connectivity index (χ3v) is 6.61. The van der Waals surface area contributed by atoms with Crippen LogP contribution >= 0.6 is 0 Å². The Morgan fingerprint density at radius 2 is 1.97 bits per heavy atom. The number of anilines is 1. The molecule has 38 heavy (non-hydrogen) atoms.